The fraction of sp³-hybridized carbons (Fsp3) is 0.556. The molecule has 1 unspecified atom stereocenters. The second-order valence-electron chi connectivity index (χ2n) is 6.83. The van der Waals surface area contributed by atoms with E-state index >= 15 is 0 Å². The maximum Gasteiger partial charge on any atom is 0.236 e. The second kappa shape index (κ2) is 7.99. The predicted molar refractivity (Wildman–Crippen MR) is 101 cm³/mol. The van der Waals surface area contributed by atoms with Gasteiger partial charge in [-0.25, -0.2) is 0 Å². The third-order valence-corrected chi connectivity index (χ3v) is 5.19. The van der Waals surface area contributed by atoms with Crippen molar-refractivity contribution in [1.29, 1.82) is 0 Å². The van der Waals surface area contributed by atoms with Crippen LogP contribution in [0.15, 0.2) is 23.4 Å². The smallest absolute Gasteiger partial charge is 0.236 e. The molecule has 0 spiro atoms. The van der Waals surface area contributed by atoms with Gasteiger partial charge < -0.3 is 4.90 Å². The molecule has 1 amide bonds. The zero-order valence-electron chi connectivity index (χ0n) is 16.0. The summed E-state index contributed by atoms with van der Waals surface area (Å²) >= 11 is 1.39. The summed E-state index contributed by atoms with van der Waals surface area (Å²) < 4.78 is 1.69. The SMILES string of the molecule is Cc1ccc(-n2nnnc2SC(C)C(=O)N(C(C)C)C(C)C)cc1C. The average molecular weight is 362 g/mol. The van der Waals surface area contributed by atoms with Crippen molar-refractivity contribution in [2.45, 2.75) is 71.0 Å². The molecule has 0 aliphatic rings. The Morgan fingerprint density at radius 2 is 1.72 bits per heavy atom. The largest absolute Gasteiger partial charge is 0.337 e. The molecule has 0 N–H and O–H groups in total. The van der Waals surface area contributed by atoms with Crippen LogP contribution in [0, 0.1) is 13.8 Å². The summed E-state index contributed by atoms with van der Waals surface area (Å²) in [7, 11) is 0. The van der Waals surface area contributed by atoms with Crippen molar-refractivity contribution in [3.8, 4) is 5.69 Å². The molecule has 6 nitrogen and oxygen atoms in total. The number of tetrazole rings is 1. The summed E-state index contributed by atoms with van der Waals surface area (Å²) in [5, 5.41) is 12.4. The van der Waals surface area contributed by atoms with Crippen LogP contribution in [0.3, 0.4) is 0 Å². The monoisotopic (exact) mass is 361 g/mol. The summed E-state index contributed by atoms with van der Waals surface area (Å²) in [6, 6.07) is 6.41. The molecule has 0 saturated heterocycles. The zero-order valence-corrected chi connectivity index (χ0v) is 16.8. The van der Waals surface area contributed by atoms with Crippen LogP contribution in [0.25, 0.3) is 5.69 Å². The van der Waals surface area contributed by atoms with Crippen LogP contribution in [0.5, 0.6) is 0 Å². The maximum absolute atomic E-state index is 12.8. The minimum Gasteiger partial charge on any atom is -0.337 e. The standard InChI is InChI=1S/C18H27N5OS/c1-11(2)22(12(3)4)17(24)15(7)25-18-19-20-21-23(18)16-9-8-13(5)14(6)10-16/h8-12,15H,1-7H3. The van der Waals surface area contributed by atoms with Crippen molar-refractivity contribution in [3.05, 3.63) is 29.3 Å². The van der Waals surface area contributed by atoms with Crippen molar-refractivity contribution in [2.75, 3.05) is 0 Å². The highest BCUT2D eigenvalue weighted by molar-refractivity contribution is 8.00. The van der Waals surface area contributed by atoms with Gasteiger partial charge in [-0.15, -0.1) is 5.10 Å². The van der Waals surface area contributed by atoms with E-state index < -0.39 is 0 Å². The van der Waals surface area contributed by atoms with Gasteiger partial charge >= 0.3 is 0 Å². The van der Waals surface area contributed by atoms with Crippen LogP contribution in [0.4, 0.5) is 0 Å². The number of hydrogen-bond donors (Lipinski definition) is 0. The molecular weight excluding hydrogens is 334 g/mol. The molecule has 0 saturated carbocycles. The van der Waals surface area contributed by atoms with E-state index in [0.717, 1.165) is 5.69 Å². The first-order valence-electron chi connectivity index (χ1n) is 8.57. The van der Waals surface area contributed by atoms with Crippen molar-refractivity contribution in [2.24, 2.45) is 0 Å². The number of carbonyl (C=O) groups is 1. The summed E-state index contributed by atoms with van der Waals surface area (Å²) in [4.78, 5) is 14.7. The Bertz CT molecular complexity index is 733. The van der Waals surface area contributed by atoms with Gasteiger partial charge in [0.25, 0.3) is 0 Å². The van der Waals surface area contributed by atoms with Gasteiger partial charge in [-0.3, -0.25) is 4.79 Å². The van der Waals surface area contributed by atoms with Gasteiger partial charge in [0.1, 0.15) is 0 Å². The Hall–Kier alpha value is -1.89. The van der Waals surface area contributed by atoms with Gasteiger partial charge in [-0.05, 0) is 82.2 Å². The van der Waals surface area contributed by atoms with Gasteiger partial charge in [0, 0.05) is 12.1 Å². The molecule has 0 aliphatic carbocycles. The first kappa shape index (κ1) is 19.4. The summed E-state index contributed by atoms with van der Waals surface area (Å²) in [6.45, 7) is 14.2. The number of rotatable bonds is 6. The molecule has 2 rings (SSSR count). The number of nitrogens with zero attached hydrogens (tertiary/aromatic N) is 5. The lowest BCUT2D eigenvalue weighted by Gasteiger charge is -2.32. The van der Waals surface area contributed by atoms with Crippen molar-refractivity contribution in [3.63, 3.8) is 0 Å². The fourth-order valence-corrected chi connectivity index (χ4v) is 3.66. The van der Waals surface area contributed by atoms with Gasteiger partial charge in [-0.1, -0.05) is 17.8 Å². The van der Waals surface area contributed by atoms with Crippen molar-refractivity contribution < 1.29 is 4.79 Å². The number of amides is 1. The molecular formula is C18H27N5OS. The zero-order chi connectivity index (χ0) is 18.7. The van der Waals surface area contributed by atoms with Gasteiger partial charge in [0.15, 0.2) is 0 Å². The Labute approximate surface area is 154 Å². The first-order valence-corrected chi connectivity index (χ1v) is 9.45. The van der Waals surface area contributed by atoms with E-state index in [4.69, 9.17) is 0 Å². The molecule has 1 aromatic carbocycles. The van der Waals surface area contributed by atoms with Crippen LogP contribution in [0.2, 0.25) is 0 Å². The summed E-state index contributed by atoms with van der Waals surface area (Å²) in [6.07, 6.45) is 0. The molecule has 0 bridgehead atoms. The number of aromatic nitrogens is 4. The van der Waals surface area contributed by atoms with Crippen LogP contribution in [-0.2, 0) is 4.79 Å². The van der Waals surface area contributed by atoms with E-state index in [0.29, 0.717) is 5.16 Å². The molecule has 0 aliphatic heterocycles. The number of benzene rings is 1. The van der Waals surface area contributed by atoms with Crippen LogP contribution >= 0.6 is 11.8 Å². The van der Waals surface area contributed by atoms with E-state index in [1.165, 1.54) is 22.9 Å². The van der Waals surface area contributed by atoms with Gasteiger partial charge in [-0.2, -0.15) is 4.68 Å². The molecule has 0 radical (unpaired) electrons. The highest BCUT2D eigenvalue weighted by Crippen LogP contribution is 2.26. The second-order valence-corrected chi connectivity index (χ2v) is 8.14. The number of thioether (sulfide) groups is 1. The molecule has 0 fully saturated rings. The Morgan fingerprint density at radius 3 is 2.28 bits per heavy atom. The number of carbonyl (C=O) groups excluding carboxylic acids is 1. The van der Waals surface area contributed by atoms with E-state index in [9.17, 15) is 4.79 Å². The van der Waals surface area contributed by atoms with E-state index in [1.54, 1.807) is 4.68 Å². The van der Waals surface area contributed by atoms with Crippen LogP contribution in [0.1, 0.15) is 45.7 Å². The molecule has 1 aromatic heterocycles. The van der Waals surface area contributed by atoms with Crippen molar-refractivity contribution >= 4 is 17.7 Å². The Kier molecular flexibility index (Phi) is 6.21. The third-order valence-electron chi connectivity index (χ3n) is 4.17. The molecule has 7 heteroatoms. The number of aryl methyl sites for hydroxylation is 2. The molecule has 25 heavy (non-hydrogen) atoms. The Balaban J connectivity index is 2.22. The fourth-order valence-electron chi connectivity index (χ4n) is 2.80. The van der Waals surface area contributed by atoms with Gasteiger partial charge in [0.05, 0.1) is 10.9 Å². The summed E-state index contributed by atoms with van der Waals surface area (Å²) in [5.74, 6) is 0.102. The van der Waals surface area contributed by atoms with E-state index in [2.05, 4.69) is 41.5 Å². The highest BCUT2D eigenvalue weighted by Gasteiger charge is 2.27. The predicted octanol–water partition coefficient (Wildman–Crippen LogP) is 3.41. The topological polar surface area (TPSA) is 63.9 Å². The molecule has 136 valence electrons. The number of hydrogen-bond acceptors (Lipinski definition) is 5. The highest BCUT2D eigenvalue weighted by atomic mass is 32.2. The van der Waals surface area contributed by atoms with E-state index in [-0.39, 0.29) is 23.2 Å². The minimum absolute atomic E-state index is 0.102. The normalized spacial score (nSPS) is 12.7. The van der Waals surface area contributed by atoms with Crippen LogP contribution in [-0.4, -0.2) is 48.3 Å². The lowest BCUT2D eigenvalue weighted by atomic mass is 10.1. The average Bonchev–Trinajstić information content (AvgIpc) is 2.97. The van der Waals surface area contributed by atoms with Crippen molar-refractivity contribution in [1.82, 2.24) is 25.1 Å². The maximum atomic E-state index is 12.8. The van der Waals surface area contributed by atoms with Gasteiger partial charge in [0.2, 0.25) is 11.1 Å². The molecule has 1 heterocycles. The third kappa shape index (κ3) is 4.39. The first-order chi connectivity index (χ1) is 11.7. The minimum atomic E-state index is -0.263. The lowest BCUT2D eigenvalue weighted by Crippen LogP contribution is -2.45. The van der Waals surface area contributed by atoms with E-state index in [1.807, 2.05) is 45.6 Å². The quantitative estimate of drug-likeness (QED) is 0.738. The lowest BCUT2D eigenvalue weighted by molar-refractivity contribution is -0.133. The Morgan fingerprint density at radius 1 is 1.08 bits per heavy atom. The summed E-state index contributed by atoms with van der Waals surface area (Å²) in [5.41, 5.74) is 3.30. The molecule has 2 aromatic rings. The van der Waals surface area contributed by atoms with Crippen LogP contribution < -0.4 is 0 Å². The molecule has 1 atom stereocenters.